The minimum Gasteiger partial charge on any atom is -0.393 e. The van der Waals surface area contributed by atoms with E-state index >= 15 is 0 Å². The van der Waals surface area contributed by atoms with Crippen molar-refractivity contribution in [1.82, 2.24) is 0 Å². The molecule has 0 unspecified atom stereocenters. The van der Waals surface area contributed by atoms with Crippen LogP contribution >= 0.6 is 0 Å². The first-order chi connectivity index (χ1) is 11.5. The van der Waals surface area contributed by atoms with Crippen LogP contribution in [0.5, 0.6) is 0 Å². The second-order valence-electron chi connectivity index (χ2n) is 6.24. The highest BCUT2D eigenvalue weighted by Crippen LogP contribution is 2.12. The summed E-state index contributed by atoms with van der Waals surface area (Å²) in [5.41, 5.74) is -1.54. The lowest BCUT2D eigenvalue weighted by atomic mass is 10.1. The zero-order chi connectivity index (χ0) is 17.7. The van der Waals surface area contributed by atoms with Gasteiger partial charge in [0.1, 0.15) is 11.2 Å². The summed E-state index contributed by atoms with van der Waals surface area (Å²) in [6, 6.07) is 0. The first kappa shape index (κ1) is 21.7. The summed E-state index contributed by atoms with van der Waals surface area (Å²) >= 11 is 0. The Hall–Kier alpha value is -0.320. The standard InChI is InChI=1S/C16H32O8/c1-15(11-17)13-21-5-6-22-14-16(2,12-18)24-10-8-20-4-3-19-7-9-23-15/h17-18H,3-14H2,1-2H3/t15-,16-/m1/s1. The fourth-order valence-electron chi connectivity index (χ4n) is 1.98. The average Bonchev–Trinajstić information content (AvgIpc) is 2.59. The van der Waals surface area contributed by atoms with E-state index in [1.807, 2.05) is 0 Å². The Labute approximate surface area is 143 Å². The highest BCUT2D eigenvalue weighted by atomic mass is 16.6. The summed E-state index contributed by atoms with van der Waals surface area (Å²) in [7, 11) is 0. The van der Waals surface area contributed by atoms with E-state index in [9.17, 15) is 10.2 Å². The Balaban J connectivity index is 2.44. The van der Waals surface area contributed by atoms with E-state index in [4.69, 9.17) is 28.4 Å². The van der Waals surface area contributed by atoms with Crippen molar-refractivity contribution < 1.29 is 38.6 Å². The molecule has 0 bridgehead atoms. The summed E-state index contributed by atoms with van der Waals surface area (Å²) in [4.78, 5) is 0. The molecule has 1 aliphatic heterocycles. The Kier molecular flexibility index (Phi) is 11.0. The van der Waals surface area contributed by atoms with Gasteiger partial charge in [0.15, 0.2) is 0 Å². The number of ether oxygens (including phenoxy) is 6. The van der Waals surface area contributed by atoms with Crippen molar-refractivity contribution in [1.29, 1.82) is 0 Å². The third-order valence-electron chi connectivity index (χ3n) is 3.58. The van der Waals surface area contributed by atoms with Crippen LogP contribution < -0.4 is 0 Å². The van der Waals surface area contributed by atoms with Crippen molar-refractivity contribution in [2.75, 3.05) is 79.3 Å². The van der Waals surface area contributed by atoms with Gasteiger partial charge in [-0.25, -0.2) is 0 Å². The normalized spacial score (nSPS) is 33.5. The number of aliphatic hydroxyl groups is 2. The van der Waals surface area contributed by atoms with Crippen LogP contribution in [0.15, 0.2) is 0 Å². The second-order valence-corrected chi connectivity index (χ2v) is 6.24. The Morgan fingerprint density at radius 2 is 0.917 bits per heavy atom. The molecule has 1 heterocycles. The highest BCUT2D eigenvalue weighted by Gasteiger charge is 2.26. The van der Waals surface area contributed by atoms with E-state index in [2.05, 4.69) is 0 Å². The molecule has 0 saturated carbocycles. The summed E-state index contributed by atoms with van der Waals surface area (Å²) in [6.07, 6.45) is 0. The Bertz CT molecular complexity index is 286. The maximum absolute atomic E-state index is 9.47. The summed E-state index contributed by atoms with van der Waals surface area (Å²) in [6.45, 7) is 6.99. The van der Waals surface area contributed by atoms with E-state index in [0.29, 0.717) is 52.9 Å². The van der Waals surface area contributed by atoms with Crippen molar-refractivity contribution in [3.05, 3.63) is 0 Å². The molecule has 1 saturated heterocycles. The lowest BCUT2D eigenvalue weighted by Crippen LogP contribution is -2.41. The van der Waals surface area contributed by atoms with Crippen molar-refractivity contribution in [2.24, 2.45) is 0 Å². The number of rotatable bonds is 2. The minimum atomic E-state index is -0.770. The van der Waals surface area contributed by atoms with Gasteiger partial charge in [0, 0.05) is 0 Å². The summed E-state index contributed by atoms with van der Waals surface area (Å²) in [5.74, 6) is 0. The molecule has 144 valence electrons. The SMILES string of the molecule is C[C@@]1(CO)COCCOC[C@@](C)(CO)OCCOCCOCCO1. The van der Waals surface area contributed by atoms with E-state index in [-0.39, 0.29) is 26.4 Å². The van der Waals surface area contributed by atoms with Gasteiger partial charge in [-0.3, -0.25) is 0 Å². The fraction of sp³-hybridized carbons (Fsp3) is 1.00. The van der Waals surface area contributed by atoms with Crippen molar-refractivity contribution in [2.45, 2.75) is 25.0 Å². The van der Waals surface area contributed by atoms with Crippen LogP contribution in [-0.2, 0) is 28.4 Å². The van der Waals surface area contributed by atoms with Gasteiger partial charge in [-0.15, -0.1) is 0 Å². The van der Waals surface area contributed by atoms with Gasteiger partial charge in [0.05, 0.1) is 79.3 Å². The summed E-state index contributed by atoms with van der Waals surface area (Å²) in [5, 5.41) is 18.9. The van der Waals surface area contributed by atoms with Gasteiger partial charge in [-0.1, -0.05) is 0 Å². The third-order valence-corrected chi connectivity index (χ3v) is 3.58. The molecule has 8 nitrogen and oxygen atoms in total. The zero-order valence-corrected chi connectivity index (χ0v) is 14.8. The Morgan fingerprint density at radius 1 is 0.583 bits per heavy atom. The molecule has 1 aliphatic rings. The molecule has 2 N–H and O–H groups in total. The smallest absolute Gasteiger partial charge is 0.112 e. The lowest BCUT2D eigenvalue weighted by Gasteiger charge is -2.29. The molecular formula is C16H32O8. The van der Waals surface area contributed by atoms with Gasteiger partial charge in [-0.05, 0) is 13.8 Å². The van der Waals surface area contributed by atoms with Crippen LogP contribution in [0.2, 0.25) is 0 Å². The predicted octanol–water partition coefficient (Wildman–Crippen LogP) is -0.398. The fourth-order valence-corrected chi connectivity index (χ4v) is 1.98. The maximum atomic E-state index is 9.47. The second kappa shape index (κ2) is 12.1. The summed E-state index contributed by atoms with van der Waals surface area (Å²) < 4.78 is 33.1. The molecule has 0 amide bonds. The molecule has 24 heavy (non-hydrogen) atoms. The first-order valence-corrected chi connectivity index (χ1v) is 8.34. The topological polar surface area (TPSA) is 95.8 Å². The number of aliphatic hydroxyl groups excluding tert-OH is 2. The molecule has 1 fully saturated rings. The number of hydrogen-bond donors (Lipinski definition) is 2. The molecule has 1 rings (SSSR count). The largest absolute Gasteiger partial charge is 0.393 e. The van der Waals surface area contributed by atoms with Crippen molar-refractivity contribution in [3.8, 4) is 0 Å². The quantitative estimate of drug-likeness (QED) is 0.693. The monoisotopic (exact) mass is 352 g/mol. The third kappa shape index (κ3) is 9.24. The molecule has 0 aromatic rings. The van der Waals surface area contributed by atoms with E-state index < -0.39 is 11.2 Å². The zero-order valence-electron chi connectivity index (χ0n) is 14.8. The highest BCUT2D eigenvalue weighted by molar-refractivity contribution is 4.74. The molecular weight excluding hydrogens is 320 g/mol. The van der Waals surface area contributed by atoms with Gasteiger partial charge in [0.25, 0.3) is 0 Å². The first-order valence-electron chi connectivity index (χ1n) is 8.34. The van der Waals surface area contributed by atoms with Crippen molar-refractivity contribution >= 4 is 0 Å². The molecule has 0 aromatic heterocycles. The van der Waals surface area contributed by atoms with E-state index in [1.54, 1.807) is 13.8 Å². The molecule has 0 aromatic carbocycles. The molecule has 2 atom stereocenters. The maximum Gasteiger partial charge on any atom is 0.112 e. The molecule has 8 heteroatoms. The minimum absolute atomic E-state index is 0.145. The van der Waals surface area contributed by atoms with E-state index in [1.165, 1.54) is 0 Å². The molecule has 0 aliphatic carbocycles. The van der Waals surface area contributed by atoms with Crippen LogP contribution in [0, 0.1) is 0 Å². The molecule has 0 spiro atoms. The van der Waals surface area contributed by atoms with Crippen molar-refractivity contribution in [3.63, 3.8) is 0 Å². The van der Waals surface area contributed by atoms with Gasteiger partial charge < -0.3 is 38.6 Å². The van der Waals surface area contributed by atoms with Crippen LogP contribution in [0.3, 0.4) is 0 Å². The van der Waals surface area contributed by atoms with Gasteiger partial charge in [-0.2, -0.15) is 0 Å². The number of hydrogen-bond acceptors (Lipinski definition) is 8. The molecule has 0 radical (unpaired) electrons. The van der Waals surface area contributed by atoms with Gasteiger partial charge >= 0.3 is 0 Å². The lowest BCUT2D eigenvalue weighted by molar-refractivity contribution is -0.144. The van der Waals surface area contributed by atoms with E-state index in [0.717, 1.165) is 0 Å². The Morgan fingerprint density at radius 3 is 1.29 bits per heavy atom. The average molecular weight is 352 g/mol. The van der Waals surface area contributed by atoms with Crippen LogP contribution in [0.1, 0.15) is 13.8 Å². The van der Waals surface area contributed by atoms with Gasteiger partial charge in [0.2, 0.25) is 0 Å². The predicted molar refractivity (Wildman–Crippen MR) is 86.2 cm³/mol. The van der Waals surface area contributed by atoms with Crippen LogP contribution in [-0.4, -0.2) is 101 Å². The van der Waals surface area contributed by atoms with Crippen LogP contribution in [0.25, 0.3) is 0 Å². The van der Waals surface area contributed by atoms with Crippen LogP contribution in [0.4, 0.5) is 0 Å².